The third kappa shape index (κ3) is 2.44. The van der Waals surface area contributed by atoms with Crippen molar-refractivity contribution in [3.63, 3.8) is 0 Å². The van der Waals surface area contributed by atoms with Gasteiger partial charge in [-0.15, -0.1) is 0 Å². The van der Waals surface area contributed by atoms with Gasteiger partial charge in [0.1, 0.15) is 0 Å². The second-order valence-electron chi connectivity index (χ2n) is 3.10. The number of anilines is 1. The summed E-state index contributed by atoms with van der Waals surface area (Å²) in [5.74, 6) is -0.137. The maximum Gasteiger partial charge on any atom is 0.256 e. The molecule has 0 heterocycles. The van der Waals surface area contributed by atoms with E-state index in [0.29, 0.717) is 5.56 Å². The van der Waals surface area contributed by atoms with Crippen LogP contribution in [0.25, 0.3) is 0 Å². The minimum absolute atomic E-state index is 0.137. The number of rotatable bonds is 2. The smallest absolute Gasteiger partial charge is 0.256 e. The highest BCUT2D eigenvalue weighted by atomic mass is 16.1. The van der Waals surface area contributed by atoms with Gasteiger partial charge < -0.3 is 5.32 Å². The fourth-order valence-corrected chi connectivity index (χ4v) is 1.25. The Kier molecular flexibility index (Phi) is 2.79. The van der Waals surface area contributed by atoms with Crippen molar-refractivity contribution in [2.75, 3.05) is 5.32 Å². The normalized spacial score (nSPS) is 9.60. The molecule has 0 bridgehead atoms. The Morgan fingerprint density at radius 2 is 1.73 bits per heavy atom. The van der Waals surface area contributed by atoms with Crippen LogP contribution >= 0.6 is 0 Å². The summed E-state index contributed by atoms with van der Waals surface area (Å²) in [5, 5.41) is 2.79. The SMILES string of the molecule is O=C(Nc1ccccc1)c1[c]cccc1. The number of amides is 1. The van der Waals surface area contributed by atoms with Crippen LogP contribution in [0.1, 0.15) is 10.4 Å². The minimum atomic E-state index is -0.137. The highest BCUT2D eigenvalue weighted by Gasteiger charge is 2.03. The van der Waals surface area contributed by atoms with Crippen molar-refractivity contribution in [3.05, 3.63) is 66.2 Å². The monoisotopic (exact) mass is 196 g/mol. The maximum absolute atomic E-state index is 11.7. The molecule has 2 nitrogen and oxygen atoms in total. The number of carbonyl (C=O) groups excluding carboxylic acids is 1. The van der Waals surface area contributed by atoms with Crippen molar-refractivity contribution in [2.24, 2.45) is 0 Å². The van der Waals surface area contributed by atoms with Crippen LogP contribution in [-0.4, -0.2) is 5.91 Å². The molecule has 2 rings (SSSR count). The van der Waals surface area contributed by atoms with E-state index in [1.165, 1.54) is 0 Å². The molecule has 1 amide bonds. The zero-order chi connectivity index (χ0) is 10.5. The molecule has 0 saturated carbocycles. The van der Waals surface area contributed by atoms with E-state index in [-0.39, 0.29) is 5.91 Å². The molecule has 0 aliphatic rings. The molecule has 0 aliphatic carbocycles. The van der Waals surface area contributed by atoms with Crippen LogP contribution in [-0.2, 0) is 0 Å². The summed E-state index contributed by atoms with van der Waals surface area (Å²) in [7, 11) is 0. The van der Waals surface area contributed by atoms with Gasteiger partial charge >= 0.3 is 0 Å². The zero-order valence-corrected chi connectivity index (χ0v) is 8.10. The molecule has 2 aromatic rings. The Morgan fingerprint density at radius 1 is 1.00 bits per heavy atom. The maximum atomic E-state index is 11.7. The van der Waals surface area contributed by atoms with Gasteiger partial charge in [0, 0.05) is 11.3 Å². The number of hydrogen-bond acceptors (Lipinski definition) is 1. The molecular weight excluding hydrogens is 186 g/mol. The summed E-state index contributed by atoms with van der Waals surface area (Å²) in [5.41, 5.74) is 1.33. The van der Waals surface area contributed by atoms with Crippen LogP contribution in [0.3, 0.4) is 0 Å². The third-order valence-corrected chi connectivity index (χ3v) is 1.99. The fraction of sp³-hybridized carbons (Fsp3) is 0. The second-order valence-corrected chi connectivity index (χ2v) is 3.10. The largest absolute Gasteiger partial charge is 0.322 e. The fourth-order valence-electron chi connectivity index (χ4n) is 1.25. The van der Waals surface area contributed by atoms with Crippen molar-refractivity contribution in [3.8, 4) is 0 Å². The first-order chi connectivity index (χ1) is 7.36. The third-order valence-electron chi connectivity index (χ3n) is 1.99. The van der Waals surface area contributed by atoms with Gasteiger partial charge in [0.05, 0.1) is 0 Å². The predicted molar refractivity (Wildman–Crippen MR) is 59.7 cm³/mol. The molecule has 1 N–H and O–H groups in total. The molecule has 1 radical (unpaired) electrons. The van der Waals surface area contributed by atoms with Gasteiger partial charge in [-0.05, 0) is 24.3 Å². The Labute approximate surface area is 88.6 Å². The topological polar surface area (TPSA) is 29.1 Å². The summed E-state index contributed by atoms with van der Waals surface area (Å²) in [6.45, 7) is 0. The van der Waals surface area contributed by atoms with Crippen molar-refractivity contribution in [2.45, 2.75) is 0 Å². The summed E-state index contributed by atoms with van der Waals surface area (Å²) < 4.78 is 0. The van der Waals surface area contributed by atoms with Gasteiger partial charge in [0.2, 0.25) is 0 Å². The molecule has 0 spiro atoms. The summed E-state index contributed by atoms with van der Waals surface area (Å²) in [6, 6.07) is 19.3. The molecule has 73 valence electrons. The Hall–Kier alpha value is -2.09. The standard InChI is InChI=1S/C13H10NO/c15-13(11-7-3-1-4-8-11)14-12-9-5-2-6-10-12/h1-7,9-10H,(H,14,15). The number of nitrogens with one attached hydrogen (secondary N) is 1. The van der Waals surface area contributed by atoms with E-state index < -0.39 is 0 Å². The average Bonchev–Trinajstić information content (AvgIpc) is 2.31. The van der Waals surface area contributed by atoms with E-state index in [1.807, 2.05) is 42.5 Å². The molecule has 0 saturated heterocycles. The first-order valence-electron chi connectivity index (χ1n) is 4.69. The van der Waals surface area contributed by atoms with E-state index in [9.17, 15) is 4.79 Å². The number of hydrogen-bond donors (Lipinski definition) is 1. The van der Waals surface area contributed by atoms with Crippen LogP contribution in [0, 0.1) is 6.07 Å². The summed E-state index contributed by atoms with van der Waals surface area (Å²) >= 11 is 0. The van der Waals surface area contributed by atoms with Crippen LogP contribution in [0.15, 0.2) is 54.6 Å². The van der Waals surface area contributed by atoms with Crippen molar-refractivity contribution in [1.29, 1.82) is 0 Å². The first kappa shape index (κ1) is 9.46. The summed E-state index contributed by atoms with van der Waals surface area (Å²) in [6.07, 6.45) is 0. The molecule has 15 heavy (non-hydrogen) atoms. The van der Waals surface area contributed by atoms with Gasteiger partial charge in [-0.25, -0.2) is 0 Å². The lowest BCUT2D eigenvalue weighted by Crippen LogP contribution is -2.11. The molecule has 0 atom stereocenters. The minimum Gasteiger partial charge on any atom is -0.322 e. The first-order valence-corrected chi connectivity index (χ1v) is 4.69. The molecular formula is C13H10NO. The second kappa shape index (κ2) is 4.42. The number of para-hydroxylation sites is 1. The van der Waals surface area contributed by atoms with Crippen molar-refractivity contribution in [1.82, 2.24) is 0 Å². The van der Waals surface area contributed by atoms with Crippen molar-refractivity contribution >= 4 is 11.6 Å². The Bertz CT molecular complexity index is 437. The zero-order valence-electron chi connectivity index (χ0n) is 8.10. The van der Waals surface area contributed by atoms with Crippen molar-refractivity contribution < 1.29 is 4.79 Å². The van der Waals surface area contributed by atoms with E-state index >= 15 is 0 Å². The molecule has 0 aliphatic heterocycles. The predicted octanol–water partition coefficient (Wildman–Crippen LogP) is 2.74. The lowest BCUT2D eigenvalue weighted by atomic mass is 10.2. The van der Waals surface area contributed by atoms with E-state index in [4.69, 9.17) is 0 Å². The van der Waals surface area contributed by atoms with Gasteiger partial charge in [-0.3, -0.25) is 4.79 Å². The molecule has 0 unspecified atom stereocenters. The average molecular weight is 196 g/mol. The molecule has 0 fully saturated rings. The van der Waals surface area contributed by atoms with E-state index in [2.05, 4.69) is 11.4 Å². The lowest BCUT2D eigenvalue weighted by molar-refractivity contribution is 0.102. The molecule has 2 heteroatoms. The van der Waals surface area contributed by atoms with E-state index in [1.54, 1.807) is 12.1 Å². The lowest BCUT2D eigenvalue weighted by Gasteiger charge is -2.03. The Morgan fingerprint density at radius 3 is 2.40 bits per heavy atom. The number of carbonyl (C=O) groups is 1. The molecule has 2 aromatic carbocycles. The van der Waals surface area contributed by atoms with Gasteiger partial charge in [0.15, 0.2) is 0 Å². The van der Waals surface area contributed by atoms with E-state index in [0.717, 1.165) is 5.69 Å². The van der Waals surface area contributed by atoms with Crippen LogP contribution < -0.4 is 5.32 Å². The van der Waals surface area contributed by atoms with Crippen LogP contribution in [0.5, 0.6) is 0 Å². The quantitative estimate of drug-likeness (QED) is 0.786. The highest BCUT2D eigenvalue weighted by molar-refractivity contribution is 6.03. The number of benzene rings is 2. The van der Waals surface area contributed by atoms with Crippen LogP contribution in [0.2, 0.25) is 0 Å². The van der Waals surface area contributed by atoms with Gasteiger partial charge in [-0.2, -0.15) is 0 Å². The van der Waals surface area contributed by atoms with Crippen LogP contribution in [0.4, 0.5) is 5.69 Å². The van der Waals surface area contributed by atoms with Gasteiger partial charge in [0.25, 0.3) is 5.91 Å². The van der Waals surface area contributed by atoms with Gasteiger partial charge in [-0.1, -0.05) is 36.4 Å². The summed E-state index contributed by atoms with van der Waals surface area (Å²) in [4.78, 5) is 11.7. The Balaban J connectivity index is 2.12. The highest BCUT2D eigenvalue weighted by Crippen LogP contribution is 2.07. The molecule has 0 aromatic heterocycles.